The number of nitrogens with zero attached hydrogens (tertiary/aromatic N) is 3. The fourth-order valence-corrected chi connectivity index (χ4v) is 4.64. The first-order chi connectivity index (χ1) is 11.6. The van der Waals surface area contributed by atoms with Crippen LogP contribution >= 0.6 is 23.1 Å². The molecule has 1 fully saturated rings. The van der Waals surface area contributed by atoms with Crippen LogP contribution in [-0.2, 0) is 17.8 Å². The fraction of sp³-hybridized carbons (Fsp3) is 0.588. The van der Waals surface area contributed by atoms with Crippen molar-refractivity contribution in [1.29, 1.82) is 0 Å². The van der Waals surface area contributed by atoms with Gasteiger partial charge in [-0.05, 0) is 31.6 Å². The maximum absolute atomic E-state index is 12.9. The predicted molar refractivity (Wildman–Crippen MR) is 100 cm³/mol. The molecule has 7 heteroatoms. The summed E-state index contributed by atoms with van der Waals surface area (Å²) in [4.78, 5) is 34.0. The first-order valence-corrected chi connectivity index (χ1v) is 10.5. The van der Waals surface area contributed by atoms with E-state index in [4.69, 9.17) is 0 Å². The molecule has 3 heterocycles. The monoisotopic (exact) mass is 365 g/mol. The van der Waals surface area contributed by atoms with Crippen molar-refractivity contribution in [3.05, 3.63) is 21.3 Å². The van der Waals surface area contributed by atoms with Gasteiger partial charge in [-0.3, -0.25) is 14.2 Å². The summed E-state index contributed by atoms with van der Waals surface area (Å²) < 4.78 is 1.55. The number of rotatable bonds is 4. The third-order valence-corrected chi connectivity index (χ3v) is 6.30. The molecule has 0 spiro atoms. The Morgan fingerprint density at radius 1 is 1.29 bits per heavy atom. The minimum Gasteiger partial charge on any atom is -0.341 e. The summed E-state index contributed by atoms with van der Waals surface area (Å²) in [7, 11) is 0. The largest absolute Gasteiger partial charge is 0.341 e. The number of likely N-dealkylation sites (tertiary alicyclic amines) is 1. The van der Waals surface area contributed by atoms with E-state index >= 15 is 0 Å². The van der Waals surface area contributed by atoms with E-state index in [-0.39, 0.29) is 18.0 Å². The number of hydrogen-bond acceptors (Lipinski definition) is 5. The smallest absolute Gasteiger partial charge is 0.263 e. The lowest BCUT2D eigenvalue weighted by Crippen LogP contribution is -2.37. The molecular weight excluding hydrogens is 342 g/mol. The quantitative estimate of drug-likeness (QED) is 0.617. The zero-order valence-electron chi connectivity index (χ0n) is 14.2. The Morgan fingerprint density at radius 2 is 2.00 bits per heavy atom. The van der Waals surface area contributed by atoms with Crippen LogP contribution in [0.1, 0.15) is 37.5 Å². The van der Waals surface area contributed by atoms with E-state index in [0.717, 1.165) is 42.1 Å². The molecule has 0 N–H and O–H groups in total. The topological polar surface area (TPSA) is 55.2 Å². The third kappa shape index (κ3) is 3.52. The molecule has 0 aliphatic carbocycles. The van der Waals surface area contributed by atoms with Gasteiger partial charge < -0.3 is 4.90 Å². The molecule has 0 unspecified atom stereocenters. The van der Waals surface area contributed by atoms with Gasteiger partial charge in [0.15, 0.2) is 5.16 Å². The summed E-state index contributed by atoms with van der Waals surface area (Å²) in [6.45, 7) is 3.77. The minimum atomic E-state index is -0.0940. The van der Waals surface area contributed by atoms with Gasteiger partial charge in [-0.2, -0.15) is 0 Å². The van der Waals surface area contributed by atoms with Gasteiger partial charge in [-0.15, -0.1) is 11.3 Å². The molecule has 1 saturated heterocycles. The Morgan fingerprint density at radius 3 is 2.62 bits per heavy atom. The van der Waals surface area contributed by atoms with Gasteiger partial charge >= 0.3 is 0 Å². The molecule has 24 heavy (non-hydrogen) atoms. The highest BCUT2D eigenvalue weighted by atomic mass is 32.2. The van der Waals surface area contributed by atoms with Crippen LogP contribution in [0.2, 0.25) is 0 Å². The van der Waals surface area contributed by atoms with Crippen LogP contribution < -0.4 is 5.56 Å². The van der Waals surface area contributed by atoms with Gasteiger partial charge in [0.2, 0.25) is 5.91 Å². The van der Waals surface area contributed by atoms with E-state index in [1.54, 1.807) is 15.9 Å². The Bertz CT molecular complexity index is 789. The first-order valence-electron chi connectivity index (χ1n) is 8.49. The number of thioether (sulfide) groups is 1. The highest BCUT2D eigenvalue weighted by molar-refractivity contribution is 7.98. The number of carbonyl (C=O) groups excluding carboxylic acids is 1. The summed E-state index contributed by atoms with van der Waals surface area (Å²) in [5.41, 5.74) is -0.0940. The van der Waals surface area contributed by atoms with Gasteiger partial charge in [0, 0.05) is 18.0 Å². The molecule has 0 bridgehead atoms. The average molecular weight is 366 g/mol. The second kappa shape index (κ2) is 7.70. The van der Waals surface area contributed by atoms with E-state index in [1.807, 2.05) is 17.2 Å². The maximum atomic E-state index is 12.9. The molecule has 0 saturated carbocycles. The average Bonchev–Trinajstić information content (AvgIpc) is 2.81. The third-order valence-electron chi connectivity index (χ3n) is 4.45. The molecule has 1 amide bonds. The van der Waals surface area contributed by atoms with Gasteiger partial charge in [0.05, 0.1) is 5.39 Å². The highest BCUT2D eigenvalue weighted by Crippen LogP contribution is 2.24. The van der Waals surface area contributed by atoms with Crippen LogP contribution in [0.5, 0.6) is 0 Å². The van der Waals surface area contributed by atoms with Crippen LogP contribution in [0.3, 0.4) is 0 Å². The molecule has 1 aliphatic rings. The van der Waals surface area contributed by atoms with Crippen LogP contribution in [-0.4, -0.2) is 39.7 Å². The van der Waals surface area contributed by atoms with Crippen molar-refractivity contribution in [2.24, 2.45) is 0 Å². The van der Waals surface area contributed by atoms with Crippen molar-refractivity contribution in [2.75, 3.05) is 19.3 Å². The second-order valence-electron chi connectivity index (χ2n) is 6.07. The number of thiophene rings is 1. The zero-order valence-corrected chi connectivity index (χ0v) is 15.8. The zero-order chi connectivity index (χ0) is 17.1. The summed E-state index contributed by atoms with van der Waals surface area (Å²) in [6, 6.07) is 1.92. The second-order valence-corrected chi connectivity index (χ2v) is 7.96. The van der Waals surface area contributed by atoms with Crippen molar-refractivity contribution in [1.82, 2.24) is 14.5 Å². The molecule has 130 valence electrons. The lowest BCUT2D eigenvalue weighted by Gasteiger charge is -2.21. The fourth-order valence-electron chi connectivity index (χ4n) is 3.07. The molecule has 0 radical (unpaired) electrons. The van der Waals surface area contributed by atoms with Gasteiger partial charge in [0.1, 0.15) is 11.4 Å². The molecule has 0 aromatic carbocycles. The minimum absolute atomic E-state index is 0.0291. The van der Waals surface area contributed by atoms with E-state index < -0.39 is 0 Å². The van der Waals surface area contributed by atoms with Crippen LogP contribution in [0, 0.1) is 0 Å². The molecule has 2 aromatic rings. The Hall–Kier alpha value is -1.34. The molecule has 5 nitrogen and oxygen atoms in total. The van der Waals surface area contributed by atoms with Crippen molar-refractivity contribution < 1.29 is 4.79 Å². The Labute approximate surface area is 150 Å². The molecule has 0 atom stereocenters. The predicted octanol–water partition coefficient (Wildman–Crippen LogP) is 3.14. The van der Waals surface area contributed by atoms with Crippen LogP contribution in [0.4, 0.5) is 0 Å². The van der Waals surface area contributed by atoms with E-state index in [0.29, 0.717) is 10.5 Å². The molecule has 2 aromatic heterocycles. The van der Waals surface area contributed by atoms with Gasteiger partial charge in [0.25, 0.3) is 5.56 Å². The lowest BCUT2D eigenvalue weighted by molar-refractivity contribution is -0.132. The highest BCUT2D eigenvalue weighted by Gasteiger charge is 2.20. The number of aryl methyl sites for hydroxylation is 1. The molecular formula is C17H23N3O2S2. The summed E-state index contributed by atoms with van der Waals surface area (Å²) in [6.07, 6.45) is 7.26. The molecule has 3 rings (SSSR count). The van der Waals surface area contributed by atoms with Crippen molar-refractivity contribution in [3.63, 3.8) is 0 Å². The van der Waals surface area contributed by atoms with Crippen LogP contribution in [0.15, 0.2) is 16.0 Å². The first kappa shape index (κ1) is 17.5. The number of amides is 1. The van der Waals surface area contributed by atoms with Crippen LogP contribution in [0.25, 0.3) is 10.2 Å². The standard InChI is InChI=1S/C17H23N3O2S2/c1-3-12-10-13-15(24-12)18-17(23-2)20(16(13)22)11-14(21)19-8-6-4-5-7-9-19/h10H,3-9,11H2,1-2H3. The Balaban J connectivity index is 1.93. The summed E-state index contributed by atoms with van der Waals surface area (Å²) >= 11 is 2.99. The number of carbonyl (C=O) groups is 1. The normalized spacial score (nSPS) is 15.7. The number of hydrogen-bond donors (Lipinski definition) is 0. The molecule has 1 aliphatic heterocycles. The van der Waals surface area contributed by atoms with Crippen molar-refractivity contribution in [3.8, 4) is 0 Å². The SMILES string of the molecule is CCc1cc2c(=O)n(CC(=O)N3CCCCCC3)c(SC)nc2s1. The summed E-state index contributed by atoms with van der Waals surface area (Å²) in [5, 5.41) is 1.26. The van der Waals surface area contributed by atoms with Gasteiger partial charge in [-0.1, -0.05) is 31.5 Å². The number of aromatic nitrogens is 2. The summed E-state index contributed by atoms with van der Waals surface area (Å²) in [5.74, 6) is 0.0291. The maximum Gasteiger partial charge on any atom is 0.263 e. The Kier molecular flexibility index (Phi) is 5.61. The van der Waals surface area contributed by atoms with Crippen molar-refractivity contribution in [2.45, 2.75) is 50.7 Å². The van der Waals surface area contributed by atoms with Gasteiger partial charge in [-0.25, -0.2) is 4.98 Å². The lowest BCUT2D eigenvalue weighted by atomic mass is 10.2. The number of fused-ring (bicyclic) bond motifs is 1. The van der Waals surface area contributed by atoms with E-state index in [9.17, 15) is 9.59 Å². The van der Waals surface area contributed by atoms with E-state index in [2.05, 4.69) is 11.9 Å². The van der Waals surface area contributed by atoms with E-state index in [1.165, 1.54) is 24.6 Å². The van der Waals surface area contributed by atoms with Crippen molar-refractivity contribution >= 4 is 39.2 Å².